The lowest BCUT2D eigenvalue weighted by Gasteiger charge is -2.40. The Morgan fingerprint density at radius 2 is 1.59 bits per heavy atom. The second-order valence-electron chi connectivity index (χ2n) is 6.09. The maximum Gasteiger partial charge on any atom is 0.193 e. The normalized spacial score (nSPS) is 30.4. The van der Waals surface area contributed by atoms with Crippen molar-refractivity contribution in [3.05, 3.63) is 24.3 Å². The zero-order valence-electron chi connectivity index (χ0n) is 11.3. The van der Waals surface area contributed by atoms with Crippen molar-refractivity contribution in [3.63, 3.8) is 0 Å². The summed E-state index contributed by atoms with van der Waals surface area (Å²) in [6.07, 6.45) is 4.77. The molecule has 0 aromatic rings. The van der Waals surface area contributed by atoms with Gasteiger partial charge in [0.2, 0.25) is 0 Å². The smallest absolute Gasteiger partial charge is 0.193 e. The Morgan fingerprint density at radius 1 is 1.06 bits per heavy atom. The van der Waals surface area contributed by atoms with Gasteiger partial charge in [-0.05, 0) is 18.1 Å². The molecule has 0 spiro atoms. The molecular formula is C13H24O3Si. The first-order valence-electron chi connectivity index (χ1n) is 6.04. The van der Waals surface area contributed by atoms with Crippen LogP contribution in [0.1, 0.15) is 20.8 Å². The standard InChI is InChI=1S/C13H24O3Si/c1-13(2,3)17(4,5)16-11-9-7-6-8-10(14)12(11)15/h6-12,14-15H,1-5H3/t10-,11+,12+/m0/s1. The van der Waals surface area contributed by atoms with Gasteiger partial charge in [-0.3, -0.25) is 0 Å². The van der Waals surface area contributed by atoms with E-state index in [2.05, 4.69) is 33.9 Å². The zero-order chi connectivity index (χ0) is 13.3. The molecule has 0 saturated heterocycles. The zero-order valence-corrected chi connectivity index (χ0v) is 12.3. The van der Waals surface area contributed by atoms with Crippen LogP contribution in [0.5, 0.6) is 0 Å². The summed E-state index contributed by atoms with van der Waals surface area (Å²) in [5.74, 6) is 0. The number of allylic oxidation sites excluding steroid dienone is 2. The molecule has 4 heteroatoms. The second-order valence-corrected chi connectivity index (χ2v) is 10.9. The molecule has 98 valence electrons. The molecule has 0 aromatic carbocycles. The van der Waals surface area contributed by atoms with Crippen LogP contribution < -0.4 is 0 Å². The van der Waals surface area contributed by atoms with Gasteiger partial charge in [-0.1, -0.05) is 45.1 Å². The van der Waals surface area contributed by atoms with E-state index in [9.17, 15) is 10.2 Å². The molecule has 1 rings (SSSR count). The molecule has 2 N–H and O–H groups in total. The van der Waals surface area contributed by atoms with Crippen molar-refractivity contribution in [1.29, 1.82) is 0 Å². The quantitative estimate of drug-likeness (QED) is 0.745. The monoisotopic (exact) mass is 256 g/mol. The van der Waals surface area contributed by atoms with Crippen molar-refractivity contribution in [2.45, 2.75) is 57.2 Å². The molecule has 3 nitrogen and oxygen atoms in total. The number of hydrogen-bond acceptors (Lipinski definition) is 3. The van der Waals surface area contributed by atoms with E-state index in [0.717, 1.165) is 0 Å². The first kappa shape index (κ1) is 14.6. The topological polar surface area (TPSA) is 49.7 Å². The lowest BCUT2D eigenvalue weighted by atomic mass is 10.1. The number of hydrogen-bond donors (Lipinski definition) is 2. The maximum atomic E-state index is 9.99. The van der Waals surface area contributed by atoms with Gasteiger partial charge < -0.3 is 14.6 Å². The SMILES string of the molecule is CC(C)(C)[Si](C)(C)O[C@@H]1C=CC=C[C@H](O)[C@H]1O. The molecule has 0 fully saturated rings. The van der Waals surface area contributed by atoms with Crippen molar-refractivity contribution in [2.75, 3.05) is 0 Å². The van der Waals surface area contributed by atoms with Gasteiger partial charge in [0.25, 0.3) is 0 Å². The van der Waals surface area contributed by atoms with Crippen molar-refractivity contribution >= 4 is 8.32 Å². The van der Waals surface area contributed by atoms with Gasteiger partial charge in [-0.2, -0.15) is 0 Å². The maximum absolute atomic E-state index is 9.99. The third-order valence-electron chi connectivity index (χ3n) is 3.64. The highest BCUT2D eigenvalue weighted by molar-refractivity contribution is 6.74. The van der Waals surface area contributed by atoms with E-state index in [1.807, 2.05) is 12.2 Å². The Morgan fingerprint density at radius 3 is 2.12 bits per heavy atom. The van der Waals surface area contributed by atoms with Gasteiger partial charge in [0.1, 0.15) is 12.2 Å². The summed E-state index contributed by atoms with van der Waals surface area (Å²) in [6, 6.07) is 0. The van der Waals surface area contributed by atoms with E-state index >= 15 is 0 Å². The molecule has 1 aliphatic rings. The van der Waals surface area contributed by atoms with Crippen LogP contribution in [0.2, 0.25) is 18.1 Å². The van der Waals surface area contributed by atoms with Gasteiger partial charge in [0.15, 0.2) is 8.32 Å². The van der Waals surface area contributed by atoms with Crippen LogP contribution in [0, 0.1) is 0 Å². The van der Waals surface area contributed by atoms with Gasteiger partial charge in [0, 0.05) is 0 Å². The van der Waals surface area contributed by atoms with Crippen LogP contribution >= 0.6 is 0 Å². The van der Waals surface area contributed by atoms with E-state index in [1.54, 1.807) is 12.2 Å². The van der Waals surface area contributed by atoms with Gasteiger partial charge in [-0.15, -0.1) is 0 Å². The number of aliphatic hydroxyl groups excluding tert-OH is 2. The molecule has 0 aliphatic heterocycles. The highest BCUT2D eigenvalue weighted by atomic mass is 28.4. The minimum absolute atomic E-state index is 0.0885. The van der Waals surface area contributed by atoms with E-state index < -0.39 is 26.6 Å². The van der Waals surface area contributed by atoms with Crippen molar-refractivity contribution in [2.24, 2.45) is 0 Å². The van der Waals surface area contributed by atoms with E-state index in [4.69, 9.17) is 4.43 Å². The summed E-state index contributed by atoms with van der Waals surface area (Å²) < 4.78 is 6.11. The average molecular weight is 256 g/mol. The first-order chi connectivity index (χ1) is 7.65. The second kappa shape index (κ2) is 5.06. The van der Waals surface area contributed by atoms with Crippen LogP contribution in [0.15, 0.2) is 24.3 Å². The highest BCUT2D eigenvalue weighted by Gasteiger charge is 2.40. The lowest BCUT2D eigenvalue weighted by molar-refractivity contribution is -0.0151. The fraction of sp³-hybridized carbons (Fsp3) is 0.692. The van der Waals surface area contributed by atoms with Gasteiger partial charge in [0.05, 0.1) is 6.10 Å². The predicted octanol–water partition coefficient (Wildman–Crippen LogP) is 2.22. The van der Waals surface area contributed by atoms with Crippen molar-refractivity contribution < 1.29 is 14.6 Å². The summed E-state index contributed by atoms with van der Waals surface area (Å²) >= 11 is 0. The Kier molecular flexibility index (Phi) is 4.36. The Balaban J connectivity index is 2.81. The molecule has 0 heterocycles. The number of rotatable bonds is 2. The third kappa shape index (κ3) is 3.52. The molecule has 17 heavy (non-hydrogen) atoms. The molecule has 0 saturated carbocycles. The van der Waals surface area contributed by atoms with Gasteiger partial charge in [-0.25, -0.2) is 0 Å². The number of aliphatic hydroxyl groups is 2. The molecule has 0 amide bonds. The molecular weight excluding hydrogens is 232 g/mol. The average Bonchev–Trinajstić information content (AvgIpc) is 2.31. The summed E-state index contributed by atoms with van der Waals surface area (Å²) in [6.45, 7) is 10.7. The Labute approximate surface area is 105 Å². The highest BCUT2D eigenvalue weighted by Crippen LogP contribution is 2.38. The Bertz CT molecular complexity index is 315. The van der Waals surface area contributed by atoms with Crippen molar-refractivity contribution in [1.82, 2.24) is 0 Å². The molecule has 1 aliphatic carbocycles. The summed E-state index contributed by atoms with van der Waals surface area (Å²) in [4.78, 5) is 0. The molecule has 0 bridgehead atoms. The van der Waals surface area contributed by atoms with Crippen LogP contribution in [-0.4, -0.2) is 36.8 Å². The molecule has 0 radical (unpaired) electrons. The minimum Gasteiger partial charge on any atom is -0.408 e. The summed E-state index contributed by atoms with van der Waals surface area (Å²) in [7, 11) is -1.94. The molecule has 3 atom stereocenters. The lowest BCUT2D eigenvalue weighted by Crippen LogP contribution is -2.48. The van der Waals surface area contributed by atoms with E-state index in [-0.39, 0.29) is 5.04 Å². The Hall–Kier alpha value is -0.423. The van der Waals surface area contributed by atoms with Gasteiger partial charge >= 0.3 is 0 Å². The third-order valence-corrected chi connectivity index (χ3v) is 8.12. The van der Waals surface area contributed by atoms with Crippen LogP contribution in [0.4, 0.5) is 0 Å². The fourth-order valence-corrected chi connectivity index (χ4v) is 2.65. The minimum atomic E-state index is -1.94. The summed E-state index contributed by atoms with van der Waals surface area (Å²) in [5.41, 5.74) is 0. The van der Waals surface area contributed by atoms with Crippen LogP contribution in [0.25, 0.3) is 0 Å². The van der Waals surface area contributed by atoms with Crippen LogP contribution in [0.3, 0.4) is 0 Å². The van der Waals surface area contributed by atoms with E-state index in [1.165, 1.54) is 0 Å². The van der Waals surface area contributed by atoms with E-state index in [0.29, 0.717) is 0 Å². The predicted molar refractivity (Wildman–Crippen MR) is 72.4 cm³/mol. The molecule has 0 aromatic heterocycles. The molecule has 0 unspecified atom stereocenters. The van der Waals surface area contributed by atoms with Crippen molar-refractivity contribution in [3.8, 4) is 0 Å². The van der Waals surface area contributed by atoms with Crippen LogP contribution in [-0.2, 0) is 4.43 Å². The fourth-order valence-electron chi connectivity index (χ4n) is 1.40. The largest absolute Gasteiger partial charge is 0.408 e. The first-order valence-corrected chi connectivity index (χ1v) is 8.95. The summed E-state index contributed by atoms with van der Waals surface area (Å²) in [5, 5.41) is 19.8.